The quantitative estimate of drug-likeness (QED) is 0.478. The van der Waals surface area contributed by atoms with E-state index in [1.807, 2.05) is 5.01 Å². The molecule has 4 N–H and O–H groups in total. The van der Waals surface area contributed by atoms with Gasteiger partial charge in [-0.3, -0.25) is 10.6 Å². The van der Waals surface area contributed by atoms with Crippen molar-refractivity contribution in [3.63, 3.8) is 0 Å². The summed E-state index contributed by atoms with van der Waals surface area (Å²) in [5, 5.41) is 11.5. The number of unbranched alkanes of at least 4 members (excludes halogenated alkanes) is 2. The van der Waals surface area contributed by atoms with Gasteiger partial charge in [0.2, 0.25) is 0 Å². The Labute approximate surface area is 170 Å². The maximum absolute atomic E-state index is 11.9. The first-order valence-electron chi connectivity index (χ1n) is 10.1. The molecule has 8 heteroatoms. The Morgan fingerprint density at radius 2 is 1.97 bits per heavy atom. The van der Waals surface area contributed by atoms with E-state index in [4.69, 9.17) is 20.4 Å². The van der Waals surface area contributed by atoms with E-state index >= 15 is 0 Å². The number of carboxylic acids is 1. The average Bonchev–Trinajstić information content (AvgIpc) is 2.71. The lowest BCUT2D eigenvalue weighted by molar-refractivity contribution is 0.0695. The minimum Gasteiger partial charge on any atom is -0.493 e. The number of rotatable bonds is 7. The Morgan fingerprint density at radius 3 is 2.52 bits per heavy atom. The van der Waals surface area contributed by atoms with Crippen LogP contribution in [0.25, 0.3) is 10.9 Å². The molecule has 0 saturated carbocycles. The van der Waals surface area contributed by atoms with Gasteiger partial charge in [-0.25, -0.2) is 9.80 Å². The van der Waals surface area contributed by atoms with Crippen molar-refractivity contribution < 1.29 is 19.4 Å². The number of hydrogen-bond acceptors (Lipinski definition) is 6. The number of benzene rings is 1. The molecule has 2 heterocycles. The molecule has 2 aromatic rings. The third kappa shape index (κ3) is 6.47. The first-order valence-corrected chi connectivity index (χ1v) is 10.1. The monoisotopic (exact) mass is 405 g/mol. The van der Waals surface area contributed by atoms with Crippen molar-refractivity contribution in [2.75, 3.05) is 26.8 Å². The molecule has 1 aromatic carbocycles. The molecular weight excluding hydrogens is 374 g/mol. The lowest BCUT2D eigenvalue weighted by Crippen LogP contribution is -2.35. The van der Waals surface area contributed by atoms with Crippen LogP contribution in [0.2, 0.25) is 0 Å². The third-order valence-corrected chi connectivity index (χ3v) is 4.77. The van der Waals surface area contributed by atoms with Crippen molar-refractivity contribution >= 4 is 16.9 Å². The van der Waals surface area contributed by atoms with E-state index in [-0.39, 0.29) is 5.56 Å². The summed E-state index contributed by atoms with van der Waals surface area (Å²) in [6.07, 6.45) is 6.97. The number of H-pyrrole nitrogens is 1. The number of nitrogens with zero attached hydrogens (tertiary/aromatic N) is 1. The van der Waals surface area contributed by atoms with Crippen molar-refractivity contribution in [2.45, 2.75) is 45.4 Å². The highest BCUT2D eigenvalue weighted by molar-refractivity contribution is 5.94. The highest BCUT2D eigenvalue weighted by Crippen LogP contribution is 2.34. The molecule has 1 saturated heterocycles. The van der Waals surface area contributed by atoms with E-state index in [2.05, 4.69) is 11.9 Å². The van der Waals surface area contributed by atoms with Crippen LogP contribution in [0.1, 0.15) is 55.8 Å². The van der Waals surface area contributed by atoms with Gasteiger partial charge in [-0.15, -0.1) is 0 Å². The summed E-state index contributed by atoms with van der Waals surface area (Å²) in [7, 11) is 1.52. The number of carboxylic acid groups (broad SMARTS) is 1. The predicted molar refractivity (Wildman–Crippen MR) is 113 cm³/mol. The summed E-state index contributed by atoms with van der Waals surface area (Å²) in [4.78, 5) is 25.5. The van der Waals surface area contributed by atoms with Crippen LogP contribution in [0.4, 0.5) is 0 Å². The number of ether oxygens (including phenoxy) is 2. The summed E-state index contributed by atoms with van der Waals surface area (Å²) in [6, 6.07) is 4.73. The Bertz CT molecular complexity index is 859. The number of aromatic carboxylic acids is 1. The standard InChI is InChI=1S/C16H19NO5.C5H12N2/c1-3-4-5-8-22-14-12(21-2)7-6-10-9-11(16(19)20)15(18)17-13(10)14;6-7-4-2-1-3-5-7/h6-7,9H,3-5,8H2,1-2H3,(H,17,18)(H,19,20);1-6H2. The van der Waals surface area contributed by atoms with Gasteiger partial charge in [-0.1, -0.05) is 26.2 Å². The minimum absolute atomic E-state index is 0.297. The number of nitrogens with two attached hydrogens (primary N) is 1. The molecule has 3 rings (SSSR count). The fourth-order valence-electron chi connectivity index (χ4n) is 3.14. The highest BCUT2D eigenvalue weighted by Gasteiger charge is 2.15. The van der Waals surface area contributed by atoms with Crippen molar-refractivity contribution in [3.05, 3.63) is 34.1 Å². The second-order valence-corrected chi connectivity index (χ2v) is 7.03. The number of hydrogen-bond donors (Lipinski definition) is 3. The zero-order valence-corrected chi connectivity index (χ0v) is 17.2. The smallest absolute Gasteiger partial charge is 0.341 e. The second kappa shape index (κ2) is 11.4. The minimum atomic E-state index is -1.26. The number of fused-ring (bicyclic) bond motifs is 1. The van der Waals surface area contributed by atoms with Gasteiger partial charge in [0.05, 0.1) is 19.2 Å². The van der Waals surface area contributed by atoms with Crippen molar-refractivity contribution in [2.24, 2.45) is 5.84 Å². The molecular formula is C21H31N3O5. The molecule has 1 aromatic heterocycles. The Balaban J connectivity index is 0.000000360. The van der Waals surface area contributed by atoms with Crippen LogP contribution in [-0.4, -0.2) is 47.9 Å². The molecule has 1 fully saturated rings. The van der Waals surface area contributed by atoms with Gasteiger partial charge in [0, 0.05) is 18.5 Å². The molecule has 1 aliphatic rings. The molecule has 0 amide bonds. The van der Waals surface area contributed by atoms with Crippen molar-refractivity contribution in [3.8, 4) is 11.5 Å². The van der Waals surface area contributed by atoms with Crippen LogP contribution >= 0.6 is 0 Å². The van der Waals surface area contributed by atoms with Gasteiger partial charge in [0.1, 0.15) is 5.56 Å². The summed E-state index contributed by atoms with van der Waals surface area (Å²) < 4.78 is 11.0. The van der Waals surface area contributed by atoms with Gasteiger partial charge in [0.25, 0.3) is 5.56 Å². The van der Waals surface area contributed by atoms with E-state index in [0.29, 0.717) is 29.0 Å². The zero-order chi connectivity index (χ0) is 21.2. The van der Waals surface area contributed by atoms with E-state index in [1.54, 1.807) is 12.1 Å². The molecule has 0 aliphatic carbocycles. The van der Waals surface area contributed by atoms with Crippen LogP contribution in [0, 0.1) is 0 Å². The lowest BCUT2D eigenvalue weighted by atomic mass is 10.1. The number of pyridine rings is 1. The number of piperidine rings is 1. The van der Waals surface area contributed by atoms with Gasteiger partial charge < -0.3 is 19.6 Å². The first kappa shape index (κ1) is 22.7. The van der Waals surface area contributed by atoms with Crippen LogP contribution in [0.15, 0.2) is 23.0 Å². The molecule has 0 unspecified atom stereocenters. The summed E-state index contributed by atoms with van der Waals surface area (Å²) in [5.74, 6) is 5.15. The van der Waals surface area contributed by atoms with Gasteiger partial charge in [-0.2, -0.15) is 0 Å². The van der Waals surface area contributed by atoms with E-state index in [1.165, 1.54) is 32.4 Å². The maximum Gasteiger partial charge on any atom is 0.341 e. The van der Waals surface area contributed by atoms with E-state index in [9.17, 15) is 9.59 Å². The number of carbonyl (C=O) groups is 1. The Morgan fingerprint density at radius 1 is 1.24 bits per heavy atom. The number of hydrazine groups is 1. The zero-order valence-electron chi connectivity index (χ0n) is 17.2. The van der Waals surface area contributed by atoms with Crippen LogP contribution in [0.3, 0.4) is 0 Å². The van der Waals surface area contributed by atoms with Gasteiger partial charge >= 0.3 is 5.97 Å². The number of nitrogens with one attached hydrogen (secondary N) is 1. The SMILES string of the molecule is CCCCCOc1c(OC)ccc2cc(C(=O)O)c(=O)[nH]c12.NN1CCCCC1. The summed E-state index contributed by atoms with van der Waals surface area (Å²) >= 11 is 0. The normalized spacial score (nSPS) is 14.2. The predicted octanol–water partition coefficient (Wildman–Crippen LogP) is 3.15. The number of methoxy groups -OCH3 is 1. The Kier molecular flexibility index (Phi) is 8.95. The van der Waals surface area contributed by atoms with Gasteiger partial charge in [0.15, 0.2) is 11.5 Å². The molecule has 0 atom stereocenters. The average molecular weight is 405 g/mol. The van der Waals surface area contributed by atoms with Gasteiger partial charge in [-0.05, 0) is 37.5 Å². The molecule has 1 aliphatic heterocycles. The van der Waals surface area contributed by atoms with Crippen molar-refractivity contribution in [1.29, 1.82) is 0 Å². The molecule has 29 heavy (non-hydrogen) atoms. The molecule has 8 nitrogen and oxygen atoms in total. The molecule has 0 spiro atoms. The highest BCUT2D eigenvalue weighted by atomic mass is 16.5. The van der Waals surface area contributed by atoms with E-state index in [0.717, 1.165) is 32.4 Å². The largest absolute Gasteiger partial charge is 0.493 e. The topological polar surface area (TPSA) is 118 Å². The van der Waals surface area contributed by atoms with E-state index < -0.39 is 11.5 Å². The lowest BCUT2D eigenvalue weighted by Gasteiger charge is -2.20. The number of aromatic nitrogens is 1. The molecule has 0 bridgehead atoms. The van der Waals surface area contributed by atoms with Crippen LogP contribution in [-0.2, 0) is 0 Å². The first-order chi connectivity index (χ1) is 14.0. The third-order valence-electron chi connectivity index (χ3n) is 4.77. The van der Waals surface area contributed by atoms with Crippen molar-refractivity contribution in [1.82, 2.24) is 9.99 Å². The summed E-state index contributed by atoms with van der Waals surface area (Å²) in [5.41, 5.74) is -0.507. The number of aromatic amines is 1. The second-order valence-electron chi connectivity index (χ2n) is 7.03. The maximum atomic E-state index is 11.9. The van der Waals surface area contributed by atoms with Crippen LogP contribution in [0.5, 0.6) is 11.5 Å². The Hall–Kier alpha value is -2.58. The fourth-order valence-corrected chi connectivity index (χ4v) is 3.14. The summed E-state index contributed by atoms with van der Waals surface area (Å²) in [6.45, 7) is 4.80. The fraction of sp³-hybridized carbons (Fsp3) is 0.524. The van der Waals surface area contributed by atoms with Crippen LogP contribution < -0.4 is 20.9 Å². The molecule has 160 valence electrons. The molecule has 0 radical (unpaired) electrons.